The zero-order chi connectivity index (χ0) is 14.7. The number of carbonyl (C=O) groups excluding carboxylic acids is 1. The van der Waals surface area contributed by atoms with E-state index in [4.69, 9.17) is 16.7 Å². The van der Waals surface area contributed by atoms with Crippen molar-refractivity contribution >= 4 is 29.6 Å². The van der Waals surface area contributed by atoms with E-state index >= 15 is 0 Å². The van der Waals surface area contributed by atoms with Crippen molar-refractivity contribution in [3.63, 3.8) is 0 Å². The first-order chi connectivity index (χ1) is 9.52. The highest BCUT2D eigenvalue weighted by atomic mass is 35.5. The second kappa shape index (κ2) is 6.09. The molecule has 1 aliphatic carbocycles. The van der Waals surface area contributed by atoms with Crippen LogP contribution in [0.2, 0.25) is 5.02 Å². The summed E-state index contributed by atoms with van der Waals surface area (Å²) in [7, 11) is 0. The zero-order valence-corrected chi connectivity index (χ0v) is 11.9. The Balaban J connectivity index is 2.19. The number of hydrogen-bond donors (Lipinski definition) is 1. The molecule has 1 aliphatic rings. The average Bonchev–Trinajstić information content (AvgIpc) is 3.22. The highest BCUT2D eigenvalue weighted by molar-refractivity contribution is 6.32. The molecule has 0 saturated heterocycles. The topological polar surface area (TPSA) is 57.6 Å². The lowest BCUT2D eigenvalue weighted by Gasteiger charge is -2.20. The summed E-state index contributed by atoms with van der Waals surface area (Å²) in [5, 5.41) is 8.97. The molecule has 1 aromatic carbocycles. The number of halogens is 1. The van der Waals surface area contributed by atoms with Crippen molar-refractivity contribution in [1.82, 2.24) is 4.90 Å². The van der Waals surface area contributed by atoms with Gasteiger partial charge in [0.05, 0.1) is 0 Å². The van der Waals surface area contributed by atoms with Crippen LogP contribution in [-0.4, -0.2) is 34.5 Å². The first-order valence-corrected chi connectivity index (χ1v) is 6.92. The van der Waals surface area contributed by atoms with E-state index in [0.717, 1.165) is 18.9 Å². The van der Waals surface area contributed by atoms with E-state index < -0.39 is 5.97 Å². The maximum Gasteiger partial charge on any atom is 0.328 e. The normalized spacial score (nSPS) is 14.5. The first kappa shape index (κ1) is 14.6. The number of carboxylic acids is 1. The molecule has 0 aromatic heterocycles. The average molecular weight is 294 g/mol. The summed E-state index contributed by atoms with van der Waals surface area (Å²) in [6, 6.07) is 5.30. The van der Waals surface area contributed by atoms with Gasteiger partial charge in [-0.1, -0.05) is 17.7 Å². The third-order valence-corrected chi connectivity index (χ3v) is 3.57. The van der Waals surface area contributed by atoms with E-state index in [9.17, 15) is 9.59 Å². The number of hydrogen-bond acceptors (Lipinski definition) is 2. The first-order valence-electron chi connectivity index (χ1n) is 6.54. The molecule has 2 rings (SSSR count). The molecule has 1 amide bonds. The molecule has 1 fully saturated rings. The summed E-state index contributed by atoms with van der Waals surface area (Å²) < 4.78 is 0. The third kappa shape index (κ3) is 3.39. The number of nitrogens with zero attached hydrogens (tertiary/aromatic N) is 1. The van der Waals surface area contributed by atoms with Crippen LogP contribution < -0.4 is 0 Å². The number of carbonyl (C=O) groups is 2. The number of aliphatic carboxylic acids is 1. The van der Waals surface area contributed by atoms with Crippen molar-refractivity contribution in [2.75, 3.05) is 6.54 Å². The molecule has 1 saturated carbocycles. The fourth-order valence-corrected chi connectivity index (χ4v) is 2.32. The Kier molecular flexibility index (Phi) is 4.45. The molecule has 5 heteroatoms. The van der Waals surface area contributed by atoms with Crippen LogP contribution in [0.5, 0.6) is 0 Å². The molecular formula is C15H16ClNO3. The molecule has 4 nitrogen and oxygen atoms in total. The molecule has 0 aliphatic heterocycles. The number of carboxylic acid groups (broad SMARTS) is 1. The minimum Gasteiger partial charge on any atom is -0.478 e. The van der Waals surface area contributed by atoms with Gasteiger partial charge in [0.15, 0.2) is 0 Å². The van der Waals surface area contributed by atoms with E-state index in [1.165, 1.54) is 6.08 Å². The van der Waals surface area contributed by atoms with Gasteiger partial charge in [-0.15, -0.1) is 0 Å². The molecule has 0 atom stereocenters. The number of rotatable bonds is 5. The van der Waals surface area contributed by atoms with Crippen LogP contribution in [-0.2, 0) is 4.79 Å². The molecule has 106 valence electrons. The Labute approximate surface area is 122 Å². The summed E-state index contributed by atoms with van der Waals surface area (Å²) in [4.78, 5) is 24.7. The molecule has 0 heterocycles. The Hall–Kier alpha value is -1.81. The summed E-state index contributed by atoms with van der Waals surface area (Å²) in [6.07, 6.45) is 4.56. The van der Waals surface area contributed by atoms with Gasteiger partial charge in [0.1, 0.15) is 0 Å². The fraction of sp³-hybridized carbons (Fsp3) is 0.333. The van der Waals surface area contributed by atoms with Gasteiger partial charge in [-0.25, -0.2) is 4.79 Å². The molecule has 0 spiro atoms. The van der Waals surface area contributed by atoms with Gasteiger partial charge in [0.2, 0.25) is 0 Å². The molecule has 0 bridgehead atoms. The third-order valence-electron chi connectivity index (χ3n) is 3.24. The van der Waals surface area contributed by atoms with Gasteiger partial charge in [0.25, 0.3) is 5.91 Å². The van der Waals surface area contributed by atoms with Crippen LogP contribution in [0.1, 0.15) is 35.7 Å². The van der Waals surface area contributed by atoms with Gasteiger partial charge < -0.3 is 10.0 Å². The molecule has 20 heavy (non-hydrogen) atoms. The Morgan fingerprint density at radius 1 is 1.45 bits per heavy atom. The molecule has 1 aromatic rings. The second-order valence-electron chi connectivity index (χ2n) is 4.73. The fourth-order valence-electron chi connectivity index (χ4n) is 2.08. The summed E-state index contributed by atoms with van der Waals surface area (Å²) in [5.74, 6) is -1.06. The summed E-state index contributed by atoms with van der Waals surface area (Å²) >= 11 is 6.09. The van der Waals surface area contributed by atoms with Crippen LogP contribution in [0, 0.1) is 0 Å². The largest absolute Gasteiger partial charge is 0.478 e. The van der Waals surface area contributed by atoms with E-state index in [1.807, 2.05) is 11.8 Å². The summed E-state index contributed by atoms with van der Waals surface area (Å²) in [6.45, 7) is 2.64. The smallest absolute Gasteiger partial charge is 0.328 e. The summed E-state index contributed by atoms with van der Waals surface area (Å²) in [5.41, 5.74) is 1.12. The number of benzene rings is 1. The van der Waals surface area contributed by atoms with Crippen molar-refractivity contribution in [2.24, 2.45) is 0 Å². The standard InChI is InChI=1S/C15H16ClNO3/c1-2-17(12-6-7-12)15(20)11-4-3-10(13(16)9-11)5-8-14(18)19/h3-5,8-9,12H,2,6-7H2,1H3,(H,18,19)/b8-5+. The minimum absolute atomic E-state index is 0.0225. The zero-order valence-electron chi connectivity index (χ0n) is 11.2. The van der Waals surface area contributed by atoms with Crippen LogP contribution in [0.3, 0.4) is 0 Å². The van der Waals surface area contributed by atoms with Crippen molar-refractivity contribution in [2.45, 2.75) is 25.8 Å². The van der Waals surface area contributed by atoms with Crippen LogP contribution in [0.15, 0.2) is 24.3 Å². The Bertz CT molecular complexity index is 564. The molecular weight excluding hydrogens is 278 g/mol. The van der Waals surface area contributed by atoms with Gasteiger partial charge in [-0.3, -0.25) is 4.79 Å². The van der Waals surface area contributed by atoms with E-state index in [0.29, 0.717) is 28.7 Å². The van der Waals surface area contributed by atoms with Crippen molar-refractivity contribution in [3.8, 4) is 0 Å². The molecule has 1 N–H and O–H groups in total. The minimum atomic E-state index is -1.04. The van der Waals surface area contributed by atoms with Crippen LogP contribution in [0.4, 0.5) is 0 Å². The van der Waals surface area contributed by atoms with E-state index in [2.05, 4.69) is 0 Å². The Morgan fingerprint density at radius 3 is 2.65 bits per heavy atom. The predicted octanol–water partition coefficient (Wildman–Crippen LogP) is 3.06. The quantitative estimate of drug-likeness (QED) is 0.849. The molecule has 0 radical (unpaired) electrons. The van der Waals surface area contributed by atoms with Gasteiger partial charge in [-0.2, -0.15) is 0 Å². The van der Waals surface area contributed by atoms with Crippen LogP contribution >= 0.6 is 11.6 Å². The lowest BCUT2D eigenvalue weighted by Crippen LogP contribution is -2.32. The van der Waals surface area contributed by atoms with Gasteiger partial charge >= 0.3 is 5.97 Å². The van der Waals surface area contributed by atoms with Gasteiger partial charge in [-0.05, 0) is 43.5 Å². The second-order valence-corrected chi connectivity index (χ2v) is 5.14. The lowest BCUT2D eigenvalue weighted by molar-refractivity contribution is -0.131. The van der Waals surface area contributed by atoms with Crippen molar-refractivity contribution < 1.29 is 14.7 Å². The van der Waals surface area contributed by atoms with E-state index in [-0.39, 0.29) is 5.91 Å². The number of amides is 1. The van der Waals surface area contributed by atoms with Crippen molar-refractivity contribution in [1.29, 1.82) is 0 Å². The highest BCUT2D eigenvalue weighted by Gasteiger charge is 2.31. The van der Waals surface area contributed by atoms with Crippen LogP contribution in [0.25, 0.3) is 6.08 Å². The highest BCUT2D eigenvalue weighted by Crippen LogP contribution is 2.29. The predicted molar refractivity (Wildman–Crippen MR) is 77.9 cm³/mol. The monoisotopic (exact) mass is 293 g/mol. The molecule has 0 unspecified atom stereocenters. The van der Waals surface area contributed by atoms with E-state index in [1.54, 1.807) is 18.2 Å². The Morgan fingerprint density at radius 2 is 2.15 bits per heavy atom. The lowest BCUT2D eigenvalue weighted by atomic mass is 10.1. The van der Waals surface area contributed by atoms with Gasteiger partial charge in [0, 0.05) is 29.2 Å². The van der Waals surface area contributed by atoms with Crippen molar-refractivity contribution in [3.05, 3.63) is 40.4 Å². The SMILES string of the molecule is CCN(C(=O)c1ccc(/C=C/C(=O)O)c(Cl)c1)C1CC1. The maximum atomic E-state index is 12.3. The maximum absolute atomic E-state index is 12.3.